The molecule has 1 saturated heterocycles. The third-order valence-electron chi connectivity index (χ3n) is 9.35. The zero-order valence-corrected chi connectivity index (χ0v) is 30.1. The van der Waals surface area contributed by atoms with Crippen LogP contribution < -0.4 is 19.5 Å². The molecule has 1 unspecified atom stereocenters. The SMILES string of the molecule is CCNC(=O)COc1cccc(C(CCc2ccc(C)c(C)c2)OC(=O)[C@@H]2CCCCN2C(=O)[C@@H](CC)c2cc(C)c(OC)c(OC)c2)c1. The summed E-state index contributed by atoms with van der Waals surface area (Å²) in [6.07, 6.45) is 3.38. The van der Waals surface area contributed by atoms with Gasteiger partial charge in [-0.25, -0.2) is 4.79 Å². The van der Waals surface area contributed by atoms with Gasteiger partial charge in [0.05, 0.1) is 20.1 Å². The van der Waals surface area contributed by atoms with Crippen molar-refractivity contribution < 1.29 is 33.3 Å². The van der Waals surface area contributed by atoms with Crippen LogP contribution in [0.1, 0.15) is 91.4 Å². The Balaban J connectivity index is 1.59. The van der Waals surface area contributed by atoms with E-state index < -0.39 is 24.0 Å². The maximum absolute atomic E-state index is 14.3. The van der Waals surface area contributed by atoms with Gasteiger partial charge < -0.3 is 29.2 Å². The van der Waals surface area contributed by atoms with Crippen LogP contribution in [0.15, 0.2) is 54.6 Å². The number of ether oxygens (including phenoxy) is 4. The molecular weight excluding hydrogens is 620 g/mol. The number of nitrogens with zero attached hydrogens (tertiary/aromatic N) is 1. The summed E-state index contributed by atoms with van der Waals surface area (Å²) in [4.78, 5) is 42.1. The molecule has 0 bridgehead atoms. The molecule has 4 rings (SSSR count). The number of amides is 2. The first-order valence-electron chi connectivity index (χ1n) is 17.4. The highest BCUT2D eigenvalue weighted by atomic mass is 16.5. The monoisotopic (exact) mass is 672 g/mol. The number of benzene rings is 3. The van der Waals surface area contributed by atoms with Gasteiger partial charge in [-0.2, -0.15) is 0 Å². The maximum Gasteiger partial charge on any atom is 0.329 e. The summed E-state index contributed by atoms with van der Waals surface area (Å²) in [5, 5.41) is 2.73. The molecule has 1 aliphatic heterocycles. The van der Waals surface area contributed by atoms with E-state index in [-0.39, 0.29) is 18.4 Å². The first-order chi connectivity index (χ1) is 23.6. The number of likely N-dealkylation sites (N-methyl/N-ethyl adjacent to an activating group) is 1. The molecular formula is C40H52N2O7. The molecule has 1 aliphatic rings. The van der Waals surface area contributed by atoms with Crippen LogP contribution in [0.5, 0.6) is 17.2 Å². The molecule has 1 heterocycles. The number of carbonyl (C=O) groups excluding carboxylic acids is 3. The zero-order chi connectivity index (χ0) is 35.5. The van der Waals surface area contributed by atoms with Crippen LogP contribution >= 0.6 is 0 Å². The summed E-state index contributed by atoms with van der Waals surface area (Å²) in [5.41, 5.74) is 6.06. The number of esters is 1. The number of piperidine rings is 1. The third kappa shape index (κ3) is 9.55. The summed E-state index contributed by atoms with van der Waals surface area (Å²) < 4.78 is 23.2. The predicted molar refractivity (Wildman–Crippen MR) is 190 cm³/mol. The topological polar surface area (TPSA) is 103 Å². The van der Waals surface area contributed by atoms with Crippen LogP contribution in [0.4, 0.5) is 0 Å². The molecule has 9 nitrogen and oxygen atoms in total. The Hall–Kier alpha value is -4.53. The van der Waals surface area contributed by atoms with Gasteiger partial charge >= 0.3 is 5.97 Å². The predicted octanol–water partition coefficient (Wildman–Crippen LogP) is 6.94. The molecule has 49 heavy (non-hydrogen) atoms. The average Bonchev–Trinajstić information content (AvgIpc) is 3.10. The van der Waals surface area contributed by atoms with Crippen molar-refractivity contribution in [2.45, 2.75) is 91.2 Å². The van der Waals surface area contributed by atoms with Gasteiger partial charge in [-0.15, -0.1) is 0 Å². The smallest absolute Gasteiger partial charge is 0.329 e. The first kappa shape index (κ1) is 37.3. The number of methoxy groups -OCH3 is 2. The number of aryl methyl sites for hydroxylation is 4. The Morgan fingerprint density at radius 1 is 0.898 bits per heavy atom. The van der Waals surface area contributed by atoms with Gasteiger partial charge in [-0.3, -0.25) is 9.59 Å². The maximum atomic E-state index is 14.3. The fraction of sp³-hybridized carbons (Fsp3) is 0.475. The number of rotatable bonds is 15. The summed E-state index contributed by atoms with van der Waals surface area (Å²) in [7, 11) is 3.18. The van der Waals surface area contributed by atoms with Crippen molar-refractivity contribution in [2.75, 3.05) is 33.9 Å². The molecule has 0 aliphatic carbocycles. The summed E-state index contributed by atoms with van der Waals surface area (Å²) >= 11 is 0. The highest BCUT2D eigenvalue weighted by molar-refractivity contribution is 5.89. The van der Waals surface area contributed by atoms with E-state index in [2.05, 4.69) is 37.4 Å². The molecule has 3 atom stereocenters. The van der Waals surface area contributed by atoms with E-state index in [1.54, 1.807) is 25.2 Å². The van der Waals surface area contributed by atoms with E-state index in [9.17, 15) is 14.4 Å². The molecule has 3 aromatic carbocycles. The minimum absolute atomic E-state index is 0.0943. The molecule has 0 spiro atoms. The first-order valence-corrected chi connectivity index (χ1v) is 17.4. The number of likely N-dealkylation sites (tertiary alicyclic amines) is 1. The van der Waals surface area contributed by atoms with Crippen molar-refractivity contribution in [3.05, 3.63) is 88.0 Å². The van der Waals surface area contributed by atoms with Gasteiger partial charge in [-0.05, 0) is 118 Å². The lowest BCUT2D eigenvalue weighted by atomic mass is 9.91. The molecule has 264 valence electrons. The van der Waals surface area contributed by atoms with Gasteiger partial charge in [0.25, 0.3) is 5.91 Å². The molecule has 1 fully saturated rings. The number of hydrogen-bond donors (Lipinski definition) is 1. The quantitative estimate of drug-likeness (QED) is 0.175. The van der Waals surface area contributed by atoms with Gasteiger partial charge in [0.1, 0.15) is 17.9 Å². The highest BCUT2D eigenvalue weighted by Crippen LogP contribution is 2.37. The van der Waals surface area contributed by atoms with Crippen LogP contribution in [0.3, 0.4) is 0 Å². The van der Waals surface area contributed by atoms with E-state index in [1.165, 1.54) is 11.1 Å². The standard InChI is InChI=1S/C40H52N2O7/c1-8-33(31-22-28(5)38(47-7)36(24-31)46-6)39(44)42-20-11-10-15-34(42)40(45)49-35(19-18-29-17-16-26(3)27(4)21-29)30-13-12-14-32(23-30)48-25-37(43)41-9-2/h12-14,16-17,21-24,33-35H,8-11,15,18-20,25H2,1-7H3,(H,41,43)/t33-,34-,35?/m0/s1. The second kappa shape index (κ2) is 17.7. The summed E-state index contributed by atoms with van der Waals surface area (Å²) in [6, 6.07) is 16.9. The van der Waals surface area contributed by atoms with Crippen LogP contribution in [0.2, 0.25) is 0 Å². The van der Waals surface area contributed by atoms with Gasteiger partial charge in [0.15, 0.2) is 18.1 Å². The van der Waals surface area contributed by atoms with E-state index in [0.717, 1.165) is 35.1 Å². The van der Waals surface area contributed by atoms with Crippen LogP contribution in [-0.4, -0.2) is 62.6 Å². The fourth-order valence-corrected chi connectivity index (χ4v) is 6.55. The number of nitrogens with one attached hydrogen (secondary N) is 1. The van der Waals surface area contributed by atoms with Crippen molar-refractivity contribution in [3.8, 4) is 17.2 Å². The zero-order valence-electron chi connectivity index (χ0n) is 30.1. The lowest BCUT2D eigenvalue weighted by Crippen LogP contribution is -2.50. The van der Waals surface area contributed by atoms with Crippen LogP contribution in [-0.2, 0) is 25.5 Å². The number of hydrogen-bond acceptors (Lipinski definition) is 7. The Morgan fingerprint density at radius 2 is 1.69 bits per heavy atom. The van der Waals surface area contributed by atoms with E-state index in [1.807, 2.05) is 51.1 Å². The van der Waals surface area contributed by atoms with Crippen molar-refractivity contribution in [1.29, 1.82) is 0 Å². The molecule has 2 amide bonds. The summed E-state index contributed by atoms with van der Waals surface area (Å²) in [5.74, 6) is 0.558. The van der Waals surface area contributed by atoms with E-state index in [0.29, 0.717) is 56.0 Å². The number of carbonyl (C=O) groups is 3. The second-order valence-electron chi connectivity index (χ2n) is 12.8. The van der Waals surface area contributed by atoms with Crippen molar-refractivity contribution in [2.24, 2.45) is 0 Å². The molecule has 0 saturated carbocycles. The third-order valence-corrected chi connectivity index (χ3v) is 9.35. The molecule has 0 radical (unpaired) electrons. The molecule has 0 aromatic heterocycles. The minimum atomic E-state index is -0.696. The molecule has 1 N–H and O–H groups in total. The second-order valence-corrected chi connectivity index (χ2v) is 12.8. The van der Waals surface area contributed by atoms with Gasteiger partial charge in [0, 0.05) is 13.1 Å². The van der Waals surface area contributed by atoms with E-state index in [4.69, 9.17) is 18.9 Å². The van der Waals surface area contributed by atoms with Crippen molar-refractivity contribution >= 4 is 17.8 Å². The lowest BCUT2D eigenvalue weighted by Gasteiger charge is -2.37. The molecule has 3 aromatic rings. The molecule has 9 heteroatoms. The highest BCUT2D eigenvalue weighted by Gasteiger charge is 2.38. The Bertz CT molecular complexity index is 1600. The largest absolute Gasteiger partial charge is 0.493 e. The Kier molecular flexibility index (Phi) is 13.5. The lowest BCUT2D eigenvalue weighted by molar-refractivity contribution is -0.162. The van der Waals surface area contributed by atoms with Crippen molar-refractivity contribution in [1.82, 2.24) is 10.2 Å². The van der Waals surface area contributed by atoms with E-state index >= 15 is 0 Å². The van der Waals surface area contributed by atoms with Gasteiger partial charge in [0.2, 0.25) is 5.91 Å². The normalized spacial score (nSPS) is 15.6. The van der Waals surface area contributed by atoms with Gasteiger partial charge in [-0.1, -0.05) is 43.3 Å². The minimum Gasteiger partial charge on any atom is -0.493 e. The van der Waals surface area contributed by atoms with Crippen molar-refractivity contribution in [3.63, 3.8) is 0 Å². The summed E-state index contributed by atoms with van der Waals surface area (Å²) in [6.45, 7) is 10.8. The van der Waals surface area contributed by atoms with Crippen LogP contribution in [0, 0.1) is 20.8 Å². The average molecular weight is 673 g/mol. The fourth-order valence-electron chi connectivity index (χ4n) is 6.55. The Morgan fingerprint density at radius 3 is 2.39 bits per heavy atom. The van der Waals surface area contributed by atoms with Crippen LogP contribution in [0.25, 0.3) is 0 Å². The Labute approximate surface area is 291 Å².